The number of carbonyl (C=O) groups is 2. The monoisotopic (exact) mass is 527 g/mol. The summed E-state index contributed by atoms with van der Waals surface area (Å²) in [6, 6.07) is 2.33. The molecule has 0 aromatic carbocycles. The first kappa shape index (κ1) is 29.9. The van der Waals surface area contributed by atoms with Crippen molar-refractivity contribution in [2.75, 3.05) is 45.1 Å². The summed E-state index contributed by atoms with van der Waals surface area (Å²) in [5.74, 6) is 0.0570. The van der Waals surface area contributed by atoms with Gasteiger partial charge in [0.15, 0.2) is 0 Å². The lowest BCUT2D eigenvalue weighted by Crippen LogP contribution is -2.52. The fraction of sp³-hybridized carbons (Fsp3) is 0.643. The summed E-state index contributed by atoms with van der Waals surface area (Å²) in [5, 5.41) is 6.74. The van der Waals surface area contributed by atoms with E-state index in [0.717, 1.165) is 47.9 Å². The highest BCUT2D eigenvalue weighted by atomic mass is 16.2. The number of anilines is 1. The zero-order valence-electron chi connectivity index (χ0n) is 22.9. The number of hydrogen-bond acceptors (Lipinski definition) is 7. The zero-order chi connectivity index (χ0) is 27.4. The molecule has 210 valence electrons. The molecule has 2 atom stereocenters. The molecule has 0 bridgehead atoms. The number of rotatable bonds is 15. The molecule has 0 unspecified atom stereocenters. The van der Waals surface area contributed by atoms with E-state index in [1.165, 1.54) is 32.1 Å². The molecule has 10 nitrogen and oxygen atoms in total. The Labute approximate surface area is 226 Å². The molecular formula is C28H47N8O2+. The number of pyridine rings is 2. The second kappa shape index (κ2) is 15.1. The van der Waals surface area contributed by atoms with Gasteiger partial charge in [-0.25, -0.2) is 0 Å². The van der Waals surface area contributed by atoms with Gasteiger partial charge in [0, 0.05) is 30.9 Å². The van der Waals surface area contributed by atoms with Gasteiger partial charge in [0.05, 0.1) is 50.1 Å². The first-order chi connectivity index (χ1) is 18.3. The number of likely N-dealkylation sites (N-methyl/N-ethyl adjacent to an activating group) is 1. The van der Waals surface area contributed by atoms with Crippen molar-refractivity contribution in [3.05, 3.63) is 30.7 Å². The van der Waals surface area contributed by atoms with Gasteiger partial charge in [0.1, 0.15) is 6.04 Å². The molecule has 2 amide bonds. The summed E-state index contributed by atoms with van der Waals surface area (Å²) in [7, 11) is 2.13. The average molecular weight is 528 g/mol. The Morgan fingerprint density at radius 2 is 1.79 bits per heavy atom. The summed E-state index contributed by atoms with van der Waals surface area (Å²) < 4.78 is 0.767. The first-order valence-electron chi connectivity index (χ1n) is 14.1. The molecule has 3 rings (SSSR count). The van der Waals surface area contributed by atoms with Crippen molar-refractivity contribution >= 4 is 28.4 Å². The molecule has 1 saturated carbocycles. The molecular weight excluding hydrogens is 480 g/mol. The fourth-order valence-corrected chi connectivity index (χ4v) is 5.48. The van der Waals surface area contributed by atoms with E-state index < -0.39 is 12.1 Å². The Bertz CT molecular complexity index is 1020. The predicted octanol–water partition coefficient (Wildman–Crippen LogP) is 1.89. The van der Waals surface area contributed by atoms with Crippen LogP contribution in [0.3, 0.4) is 0 Å². The predicted molar refractivity (Wildman–Crippen MR) is 152 cm³/mol. The maximum Gasteiger partial charge on any atom is 0.246 e. The van der Waals surface area contributed by atoms with E-state index in [0.29, 0.717) is 37.5 Å². The minimum absolute atomic E-state index is 0.249. The molecule has 0 radical (unpaired) electrons. The van der Waals surface area contributed by atoms with Gasteiger partial charge in [0.2, 0.25) is 11.8 Å². The van der Waals surface area contributed by atoms with Crippen LogP contribution in [0.2, 0.25) is 0 Å². The number of nitrogens with one attached hydrogen (secondary N) is 2. The lowest BCUT2D eigenvalue weighted by atomic mass is 9.85. The van der Waals surface area contributed by atoms with Crippen LogP contribution < -0.4 is 27.8 Å². The number of amides is 2. The molecule has 0 spiro atoms. The molecule has 2 aromatic rings. The van der Waals surface area contributed by atoms with Gasteiger partial charge in [-0.1, -0.05) is 32.1 Å². The van der Waals surface area contributed by atoms with Gasteiger partial charge < -0.3 is 32.3 Å². The van der Waals surface area contributed by atoms with Gasteiger partial charge in [-0.2, -0.15) is 0 Å². The second-order valence-corrected chi connectivity index (χ2v) is 11.0. The lowest BCUT2D eigenvalue weighted by Gasteiger charge is -2.34. The molecule has 38 heavy (non-hydrogen) atoms. The maximum atomic E-state index is 13.3. The van der Waals surface area contributed by atoms with Crippen LogP contribution in [0.25, 0.3) is 10.9 Å². The quantitative estimate of drug-likeness (QED) is 0.221. The van der Waals surface area contributed by atoms with Crippen molar-refractivity contribution in [2.24, 2.45) is 23.1 Å². The van der Waals surface area contributed by atoms with Crippen molar-refractivity contribution in [3.63, 3.8) is 0 Å². The highest BCUT2D eigenvalue weighted by molar-refractivity contribution is 5.98. The highest BCUT2D eigenvalue weighted by Gasteiger charge is 2.27. The first-order valence-corrected chi connectivity index (χ1v) is 14.1. The average Bonchev–Trinajstić information content (AvgIpc) is 2.91. The number of aromatic nitrogens is 2. The summed E-state index contributed by atoms with van der Waals surface area (Å²) >= 11 is 0. The molecule has 8 N–H and O–H groups in total. The SMILES string of the molecule is C[N+](CCN)(CCN)CCC[C@H](N)C(=O)N[C@@H](CCC1CCCCC1)C(=O)Nc1cnc2ccncc2c1. The third kappa shape index (κ3) is 9.27. The molecule has 1 aliphatic rings. The van der Waals surface area contributed by atoms with Crippen LogP contribution in [-0.4, -0.2) is 78.1 Å². The Kier molecular flexibility index (Phi) is 11.8. The van der Waals surface area contributed by atoms with Crippen molar-refractivity contribution in [1.29, 1.82) is 0 Å². The number of nitrogens with two attached hydrogens (primary N) is 3. The van der Waals surface area contributed by atoms with Crippen LogP contribution in [0.4, 0.5) is 5.69 Å². The maximum absolute atomic E-state index is 13.3. The highest BCUT2D eigenvalue weighted by Crippen LogP contribution is 2.28. The van der Waals surface area contributed by atoms with Gasteiger partial charge in [0.25, 0.3) is 0 Å². The zero-order valence-corrected chi connectivity index (χ0v) is 22.9. The third-order valence-corrected chi connectivity index (χ3v) is 7.86. The largest absolute Gasteiger partial charge is 0.343 e. The van der Waals surface area contributed by atoms with Crippen LogP contribution in [0.15, 0.2) is 30.7 Å². The normalized spacial score (nSPS) is 16.2. The molecule has 2 heterocycles. The number of fused-ring (bicyclic) bond motifs is 1. The van der Waals surface area contributed by atoms with E-state index in [1.54, 1.807) is 18.6 Å². The van der Waals surface area contributed by atoms with E-state index in [-0.39, 0.29) is 11.8 Å². The molecule has 0 aliphatic heterocycles. The van der Waals surface area contributed by atoms with E-state index in [9.17, 15) is 9.59 Å². The standard InChI is InChI=1S/C28H46N8O2/c1-36(16-12-29,17-13-30)15-5-8-24(31)27(37)35-26(10-9-21-6-3-2-4-7-21)28(38)34-23-18-22-19-32-14-11-25(22)33-20-23/h11,14,18-21,24,26H,2-10,12-13,15-17,29-31H2,1H3,(H-,34,35,37,38)/p+1/t24-,26-/m0/s1. The number of carbonyl (C=O) groups excluding carboxylic acids is 2. The Morgan fingerprint density at radius 3 is 2.50 bits per heavy atom. The Hall–Kier alpha value is -2.66. The van der Waals surface area contributed by atoms with E-state index in [4.69, 9.17) is 17.2 Å². The van der Waals surface area contributed by atoms with Crippen LogP contribution in [0.5, 0.6) is 0 Å². The van der Waals surface area contributed by atoms with Crippen molar-refractivity contribution < 1.29 is 14.1 Å². The van der Waals surface area contributed by atoms with Gasteiger partial charge >= 0.3 is 0 Å². The lowest BCUT2D eigenvalue weighted by molar-refractivity contribution is -0.907. The van der Waals surface area contributed by atoms with Crippen molar-refractivity contribution in [1.82, 2.24) is 15.3 Å². The van der Waals surface area contributed by atoms with E-state index >= 15 is 0 Å². The Morgan fingerprint density at radius 1 is 1.05 bits per heavy atom. The second-order valence-electron chi connectivity index (χ2n) is 11.0. The number of nitrogens with zero attached hydrogens (tertiary/aromatic N) is 3. The minimum atomic E-state index is -0.683. The van der Waals surface area contributed by atoms with Crippen LogP contribution in [0.1, 0.15) is 57.8 Å². The van der Waals surface area contributed by atoms with E-state index in [1.807, 2.05) is 12.1 Å². The molecule has 1 fully saturated rings. The third-order valence-electron chi connectivity index (χ3n) is 7.86. The summed E-state index contributed by atoms with van der Waals surface area (Å²) in [6.07, 6.45) is 14.0. The summed E-state index contributed by atoms with van der Waals surface area (Å²) in [5.41, 5.74) is 19.2. The van der Waals surface area contributed by atoms with Crippen LogP contribution in [0, 0.1) is 5.92 Å². The fourth-order valence-electron chi connectivity index (χ4n) is 5.48. The van der Waals surface area contributed by atoms with Crippen LogP contribution >= 0.6 is 0 Å². The molecule has 0 saturated heterocycles. The van der Waals surface area contributed by atoms with Gasteiger partial charge in [-0.3, -0.25) is 19.6 Å². The topological polar surface area (TPSA) is 162 Å². The van der Waals surface area contributed by atoms with Crippen molar-refractivity contribution in [3.8, 4) is 0 Å². The number of hydrogen-bond donors (Lipinski definition) is 5. The Balaban J connectivity index is 1.60. The molecule has 2 aromatic heterocycles. The summed E-state index contributed by atoms with van der Waals surface area (Å²) in [6.45, 7) is 3.70. The smallest absolute Gasteiger partial charge is 0.246 e. The minimum Gasteiger partial charge on any atom is -0.343 e. The number of quaternary nitrogens is 1. The van der Waals surface area contributed by atoms with Gasteiger partial charge in [-0.05, 0) is 43.7 Å². The molecule has 1 aliphatic carbocycles. The summed E-state index contributed by atoms with van der Waals surface area (Å²) in [4.78, 5) is 34.9. The van der Waals surface area contributed by atoms with Gasteiger partial charge in [-0.15, -0.1) is 0 Å². The van der Waals surface area contributed by atoms with Crippen LogP contribution in [-0.2, 0) is 9.59 Å². The van der Waals surface area contributed by atoms with E-state index in [2.05, 4.69) is 27.6 Å². The molecule has 10 heteroatoms. The van der Waals surface area contributed by atoms with Crippen molar-refractivity contribution in [2.45, 2.75) is 69.9 Å².